The number of hydrogen-bond donors (Lipinski definition) is 0. The third-order valence-corrected chi connectivity index (χ3v) is 6.05. The molecule has 0 N–H and O–H groups in total. The van der Waals surface area contributed by atoms with E-state index in [2.05, 4.69) is 80.4 Å². The molecule has 0 saturated carbocycles. The van der Waals surface area contributed by atoms with Crippen molar-refractivity contribution in [1.29, 1.82) is 0 Å². The predicted molar refractivity (Wildman–Crippen MR) is 150 cm³/mol. The Morgan fingerprint density at radius 3 is 1.97 bits per heavy atom. The normalized spacial score (nSPS) is 13.9. The van der Waals surface area contributed by atoms with Crippen molar-refractivity contribution in [3.63, 3.8) is 0 Å². The largest absolute Gasteiger partial charge is 0.491 e. The molecule has 0 aliphatic carbocycles. The minimum absolute atomic E-state index is 0.508. The molecule has 196 valence electrons. The highest BCUT2D eigenvalue weighted by molar-refractivity contribution is 5.71. The highest BCUT2D eigenvalue weighted by atomic mass is 16.6. The quantitative estimate of drug-likeness (QED) is 0.154. The van der Waals surface area contributed by atoms with E-state index in [4.69, 9.17) is 4.84 Å². The van der Waals surface area contributed by atoms with Gasteiger partial charge in [0.15, 0.2) is 13.6 Å². The Morgan fingerprint density at radius 2 is 1.44 bits per heavy atom. The fourth-order valence-electron chi connectivity index (χ4n) is 3.89. The predicted octanol–water partition coefficient (Wildman–Crippen LogP) is 7.36. The maximum atomic E-state index is 5.05. The van der Waals surface area contributed by atoms with Crippen LogP contribution in [0.25, 0.3) is 5.48 Å². The zero-order chi connectivity index (χ0) is 26.7. The van der Waals surface area contributed by atoms with Crippen molar-refractivity contribution in [2.75, 3.05) is 39.7 Å². The Hall–Kier alpha value is -3.02. The summed E-state index contributed by atoms with van der Waals surface area (Å²) in [5.74, 6) is 1.87. The maximum Gasteiger partial charge on any atom is 0.491 e. The highest BCUT2D eigenvalue weighted by Crippen LogP contribution is 2.39. The molecule has 2 rings (SSSR count). The average Bonchev–Trinajstić information content (AvgIpc) is 3.13. The second-order valence-electron chi connectivity index (χ2n) is 10.0. The SMILES string of the molecule is CO[N-]c1nc(N(C)C)nc2c1[N+](C/C=C(\C)CC/C=C(\C)CC/C=C(\C)CCC=C(C)C)=C=[N+]2C. The minimum atomic E-state index is 0.508. The van der Waals surface area contributed by atoms with Crippen molar-refractivity contribution in [1.82, 2.24) is 9.97 Å². The van der Waals surface area contributed by atoms with E-state index in [0.717, 1.165) is 50.0 Å². The molecule has 0 saturated heterocycles. The Balaban J connectivity index is 1.91. The van der Waals surface area contributed by atoms with Gasteiger partial charge in [-0.3, -0.25) is 0 Å². The molecule has 1 aliphatic rings. The van der Waals surface area contributed by atoms with Gasteiger partial charge in [0.1, 0.15) is 5.95 Å². The van der Waals surface area contributed by atoms with E-state index < -0.39 is 0 Å². The monoisotopic (exact) mass is 493 g/mol. The van der Waals surface area contributed by atoms with Crippen LogP contribution in [0, 0.1) is 0 Å². The lowest BCUT2D eigenvalue weighted by atomic mass is 10.0. The van der Waals surface area contributed by atoms with Crippen LogP contribution in [0.15, 0.2) is 46.6 Å². The lowest BCUT2D eigenvalue weighted by molar-refractivity contribution is -0.446. The van der Waals surface area contributed by atoms with Gasteiger partial charge in [-0.25, -0.2) is 0 Å². The first-order valence-corrected chi connectivity index (χ1v) is 12.8. The Morgan fingerprint density at radius 1 is 0.889 bits per heavy atom. The topological polar surface area (TPSA) is 58.4 Å². The first-order chi connectivity index (χ1) is 17.1. The standard InChI is InChI=1S/C29H45N6O/c1-22(2)13-10-14-23(3)15-11-16-24(4)17-12-18-25(5)19-20-35-21-34(8)28-26(35)27(32-36-9)30-29(31-28)33(6)7/h13,15,17,19H,10-12,14,16,18,20H2,1-9H3/q+1/b23-15+,24-17+,25-19+. The zero-order valence-corrected chi connectivity index (χ0v) is 23.9. The van der Waals surface area contributed by atoms with Gasteiger partial charge in [0, 0.05) is 27.0 Å². The number of nitrogens with zero attached hydrogens (tertiary/aromatic N) is 6. The highest BCUT2D eigenvalue weighted by Gasteiger charge is 2.34. The molecule has 2 heterocycles. The van der Waals surface area contributed by atoms with E-state index in [1.165, 1.54) is 29.4 Å². The van der Waals surface area contributed by atoms with E-state index in [1.807, 2.05) is 35.2 Å². The van der Waals surface area contributed by atoms with E-state index >= 15 is 0 Å². The summed E-state index contributed by atoms with van der Waals surface area (Å²) in [7, 11) is 7.28. The van der Waals surface area contributed by atoms with Gasteiger partial charge in [0.25, 0.3) is 0 Å². The van der Waals surface area contributed by atoms with Crippen molar-refractivity contribution < 1.29 is 14.0 Å². The van der Waals surface area contributed by atoms with Crippen LogP contribution in [0.1, 0.15) is 73.1 Å². The number of hydrogen-bond acceptors (Lipinski definition) is 4. The van der Waals surface area contributed by atoms with E-state index in [-0.39, 0.29) is 0 Å². The number of anilines is 1. The van der Waals surface area contributed by atoms with Crippen LogP contribution in [0.2, 0.25) is 0 Å². The summed E-state index contributed by atoms with van der Waals surface area (Å²) in [6.07, 6.45) is 16.0. The lowest BCUT2D eigenvalue weighted by Crippen LogP contribution is -2.14. The summed E-state index contributed by atoms with van der Waals surface area (Å²) >= 11 is 0. The Labute approximate surface area is 218 Å². The zero-order valence-electron chi connectivity index (χ0n) is 23.9. The van der Waals surface area contributed by atoms with Crippen LogP contribution in [0.5, 0.6) is 0 Å². The summed E-state index contributed by atoms with van der Waals surface area (Å²) in [6, 6.07) is 3.33. The lowest BCUT2D eigenvalue weighted by Gasteiger charge is -2.18. The third kappa shape index (κ3) is 9.21. The Kier molecular flexibility index (Phi) is 11.8. The average molecular weight is 494 g/mol. The summed E-state index contributed by atoms with van der Waals surface area (Å²) in [5.41, 5.74) is 10.7. The van der Waals surface area contributed by atoms with Crippen molar-refractivity contribution in [2.45, 2.75) is 73.1 Å². The summed E-state index contributed by atoms with van der Waals surface area (Å²) in [6.45, 7) is 11.7. The molecular formula is C29H45N6O+. The van der Waals surface area contributed by atoms with Gasteiger partial charge < -0.3 is 20.2 Å². The van der Waals surface area contributed by atoms with Gasteiger partial charge in [0.2, 0.25) is 0 Å². The van der Waals surface area contributed by atoms with Crippen molar-refractivity contribution in [3.8, 4) is 0 Å². The fraction of sp³-hybridized carbons (Fsp3) is 0.552. The van der Waals surface area contributed by atoms with Crippen LogP contribution in [-0.2, 0) is 4.84 Å². The van der Waals surface area contributed by atoms with Gasteiger partial charge in [0.05, 0.1) is 0 Å². The summed E-state index contributed by atoms with van der Waals surface area (Å²) in [4.78, 5) is 16.1. The van der Waals surface area contributed by atoms with E-state index in [9.17, 15) is 0 Å². The maximum absolute atomic E-state index is 5.05. The molecule has 1 aliphatic heterocycles. The second-order valence-corrected chi connectivity index (χ2v) is 10.0. The molecule has 7 nitrogen and oxygen atoms in total. The first-order valence-electron chi connectivity index (χ1n) is 12.8. The minimum Gasteiger partial charge on any atom is -0.397 e. The van der Waals surface area contributed by atoms with E-state index in [1.54, 1.807) is 0 Å². The fourth-order valence-corrected chi connectivity index (χ4v) is 3.89. The number of rotatable bonds is 14. The molecular weight excluding hydrogens is 448 g/mol. The molecule has 0 unspecified atom stereocenters. The van der Waals surface area contributed by atoms with Gasteiger partial charge in [-0.05, 0) is 79.2 Å². The number of aromatic nitrogens is 2. The van der Waals surface area contributed by atoms with Crippen molar-refractivity contribution in [3.05, 3.63) is 52.1 Å². The molecule has 7 heteroatoms. The van der Waals surface area contributed by atoms with Crippen molar-refractivity contribution >= 4 is 29.3 Å². The van der Waals surface area contributed by atoms with Crippen LogP contribution in [0.4, 0.5) is 23.3 Å². The first kappa shape index (κ1) is 29.2. The third-order valence-electron chi connectivity index (χ3n) is 6.05. The molecule has 0 bridgehead atoms. The molecule has 0 atom stereocenters. The molecule has 0 fully saturated rings. The summed E-state index contributed by atoms with van der Waals surface area (Å²) in [5, 5.41) is 0. The van der Waals surface area contributed by atoms with E-state index in [0.29, 0.717) is 18.3 Å². The van der Waals surface area contributed by atoms with Crippen LogP contribution >= 0.6 is 0 Å². The number of fused-ring (bicyclic) bond motifs is 1. The van der Waals surface area contributed by atoms with Crippen molar-refractivity contribution in [2.24, 2.45) is 0 Å². The molecule has 0 aromatic carbocycles. The molecule has 0 radical (unpaired) electrons. The smallest absolute Gasteiger partial charge is 0.397 e. The molecule has 0 spiro atoms. The van der Waals surface area contributed by atoms with Gasteiger partial charge in [-0.15, -0.1) is 0 Å². The second kappa shape index (κ2) is 14.5. The molecule has 1 aromatic heterocycles. The van der Waals surface area contributed by atoms with Gasteiger partial charge in [-0.1, -0.05) is 49.7 Å². The van der Waals surface area contributed by atoms with Crippen LogP contribution < -0.4 is 4.90 Å². The van der Waals surface area contributed by atoms with Gasteiger partial charge >= 0.3 is 17.5 Å². The number of allylic oxidation sites excluding steroid dienone is 7. The molecule has 0 amide bonds. The Bertz CT molecular complexity index is 1100. The van der Waals surface area contributed by atoms with Crippen LogP contribution in [-0.4, -0.2) is 59.9 Å². The summed E-state index contributed by atoms with van der Waals surface area (Å²) < 4.78 is 3.88. The molecule has 36 heavy (non-hydrogen) atoms. The molecule has 1 aromatic rings. The van der Waals surface area contributed by atoms with Crippen LogP contribution in [0.3, 0.4) is 0 Å². The van der Waals surface area contributed by atoms with Gasteiger partial charge in [-0.2, -0.15) is 4.98 Å².